The van der Waals surface area contributed by atoms with Crippen LogP contribution in [-0.2, 0) is 17.7 Å². The summed E-state index contributed by atoms with van der Waals surface area (Å²) in [5, 5.41) is 5.96. The fourth-order valence-corrected chi connectivity index (χ4v) is 3.46. The molecule has 0 aliphatic carbocycles. The van der Waals surface area contributed by atoms with Gasteiger partial charge in [-0.25, -0.2) is 4.79 Å². The first-order valence-corrected chi connectivity index (χ1v) is 9.67. The second-order valence-electron chi connectivity index (χ2n) is 7.01. The zero-order valence-corrected chi connectivity index (χ0v) is 16.2. The first-order chi connectivity index (χ1) is 13.2. The molecule has 1 aliphatic heterocycles. The summed E-state index contributed by atoms with van der Waals surface area (Å²) in [6, 6.07) is 16.4. The van der Waals surface area contributed by atoms with Gasteiger partial charge in [-0.1, -0.05) is 55.5 Å². The highest BCUT2D eigenvalue weighted by atomic mass is 16.5. The van der Waals surface area contributed by atoms with Gasteiger partial charge in [0.1, 0.15) is 0 Å². The van der Waals surface area contributed by atoms with Crippen molar-refractivity contribution in [3.05, 3.63) is 65.2 Å². The summed E-state index contributed by atoms with van der Waals surface area (Å²) in [7, 11) is 0. The first kappa shape index (κ1) is 19.4. The number of morpholine rings is 1. The van der Waals surface area contributed by atoms with Gasteiger partial charge in [-0.05, 0) is 30.0 Å². The third kappa shape index (κ3) is 5.55. The average Bonchev–Trinajstić information content (AvgIpc) is 2.69. The molecule has 2 amide bonds. The lowest BCUT2D eigenvalue weighted by Crippen LogP contribution is -2.47. The van der Waals surface area contributed by atoms with Crippen LogP contribution in [0.15, 0.2) is 48.5 Å². The summed E-state index contributed by atoms with van der Waals surface area (Å²) >= 11 is 0. The van der Waals surface area contributed by atoms with E-state index in [1.54, 1.807) is 0 Å². The summed E-state index contributed by atoms with van der Waals surface area (Å²) < 4.78 is 5.83. The van der Waals surface area contributed by atoms with Crippen LogP contribution >= 0.6 is 0 Å². The van der Waals surface area contributed by atoms with Crippen LogP contribution in [0.25, 0.3) is 0 Å². The highest BCUT2D eigenvalue weighted by Gasteiger charge is 2.21. The maximum Gasteiger partial charge on any atom is 0.319 e. The van der Waals surface area contributed by atoms with E-state index in [9.17, 15) is 4.79 Å². The number of carbonyl (C=O) groups excluding carboxylic acids is 1. The maximum atomic E-state index is 12.4. The molecule has 0 spiro atoms. The Bertz CT molecular complexity index is 748. The minimum Gasteiger partial charge on any atom is -0.374 e. The normalized spacial score (nSPS) is 17.5. The third-order valence-corrected chi connectivity index (χ3v) is 4.94. The summed E-state index contributed by atoms with van der Waals surface area (Å²) in [5.74, 6) is 0. The molecule has 144 valence electrons. The minimum absolute atomic E-state index is 0.00993. The Labute approximate surface area is 161 Å². The van der Waals surface area contributed by atoms with Crippen molar-refractivity contribution in [2.75, 3.05) is 31.6 Å². The molecule has 5 heteroatoms. The Morgan fingerprint density at radius 1 is 1.19 bits per heavy atom. The molecule has 1 heterocycles. The number of para-hydroxylation sites is 1. The van der Waals surface area contributed by atoms with E-state index < -0.39 is 0 Å². The lowest BCUT2D eigenvalue weighted by molar-refractivity contribution is -0.0285. The van der Waals surface area contributed by atoms with Gasteiger partial charge in [0.05, 0.1) is 12.7 Å². The fraction of sp³-hybridized carbons (Fsp3) is 0.409. The van der Waals surface area contributed by atoms with Crippen molar-refractivity contribution in [2.45, 2.75) is 32.9 Å². The predicted molar refractivity (Wildman–Crippen MR) is 109 cm³/mol. The number of aryl methyl sites for hydroxylation is 2. The largest absolute Gasteiger partial charge is 0.374 e. The van der Waals surface area contributed by atoms with E-state index in [1.807, 2.05) is 31.2 Å². The number of amides is 2. The molecule has 1 saturated heterocycles. The van der Waals surface area contributed by atoms with Crippen LogP contribution < -0.4 is 10.6 Å². The number of hydrogen-bond acceptors (Lipinski definition) is 3. The number of carbonyl (C=O) groups is 1. The Kier molecular flexibility index (Phi) is 6.85. The van der Waals surface area contributed by atoms with Gasteiger partial charge in [-0.15, -0.1) is 0 Å². The van der Waals surface area contributed by atoms with Gasteiger partial charge in [-0.3, -0.25) is 4.90 Å². The third-order valence-electron chi connectivity index (χ3n) is 4.94. The molecule has 2 N–H and O–H groups in total. The highest BCUT2D eigenvalue weighted by molar-refractivity contribution is 5.91. The number of urea groups is 1. The number of anilines is 1. The van der Waals surface area contributed by atoms with Crippen LogP contribution in [0, 0.1) is 6.92 Å². The van der Waals surface area contributed by atoms with Crippen LogP contribution in [0.3, 0.4) is 0 Å². The van der Waals surface area contributed by atoms with Gasteiger partial charge in [0.15, 0.2) is 0 Å². The lowest BCUT2D eigenvalue weighted by atomic mass is 10.1. The van der Waals surface area contributed by atoms with Gasteiger partial charge in [0.2, 0.25) is 0 Å². The molecule has 5 nitrogen and oxygen atoms in total. The van der Waals surface area contributed by atoms with Crippen molar-refractivity contribution < 1.29 is 9.53 Å². The van der Waals surface area contributed by atoms with Crippen LogP contribution in [0.1, 0.15) is 23.6 Å². The maximum absolute atomic E-state index is 12.4. The summed E-state index contributed by atoms with van der Waals surface area (Å²) in [5.41, 5.74) is 4.43. The van der Waals surface area contributed by atoms with Gasteiger partial charge >= 0.3 is 6.03 Å². The molecule has 0 aromatic heterocycles. The van der Waals surface area contributed by atoms with E-state index in [-0.39, 0.29) is 12.1 Å². The van der Waals surface area contributed by atoms with E-state index in [2.05, 4.69) is 46.7 Å². The summed E-state index contributed by atoms with van der Waals surface area (Å²) in [6.45, 7) is 7.95. The molecule has 2 aromatic carbocycles. The molecule has 1 atom stereocenters. The molecule has 0 bridgehead atoms. The monoisotopic (exact) mass is 367 g/mol. The smallest absolute Gasteiger partial charge is 0.319 e. The average molecular weight is 367 g/mol. The van der Waals surface area contributed by atoms with Crippen molar-refractivity contribution in [3.63, 3.8) is 0 Å². The molecule has 3 rings (SSSR count). The van der Waals surface area contributed by atoms with Gasteiger partial charge < -0.3 is 15.4 Å². The lowest BCUT2D eigenvalue weighted by Gasteiger charge is -2.33. The van der Waals surface area contributed by atoms with Crippen LogP contribution in [0.4, 0.5) is 10.5 Å². The Morgan fingerprint density at radius 3 is 2.78 bits per heavy atom. The van der Waals surface area contributed by atoms with Crippen molar-refractivity contribution >= 4 is 11.7 Å². The van der Waals surface area contributed by atoms with E-state index in [0.29, 0.717) is 13.2 Å². The molecule has 0 radical (unpaired) electrons. The van der Waals surface area contributed by atoms with Crippen molar-refractivity contribution in [2.24, 2.45) is 0 Å². The highest BCUT2D eigenvalue weighted by Crippen LogP contribution is 2.20. The summed E-state index contributed by atoms with van der Waals surface area (Å²) in [6.07, 6.45) is 0.896. The molecule has 2 aromatic rings. The molecule has 27 heavy (non-hydrogen) atoms. The summed E-state index contributed by atoms with van der Waals surface area (Å²) in [4.78, 5) is 14.7. The Balaban J connectivity index is 1.49. The number of rotatable bonds is 6. The van der Waals surface area contributed by atoms with Crippen molar-refractivity contribution in [1.29, 1.82) is 0 Å². The zero-order chi connectivity index (χ0) is 19.1. The fourth-order valence-electron chi connectivity index (χ4n) is 3.46. The van der Waals surface area contributed by atoms with Crippen molar-refractivity contribution in [3.8, 4) is 0 Å². The molecular formula is C22H29N3O2. The van der Waals surface area contributed by atoms with E-state index in [4.69, 9.17) is 4.74 Å². The van der Waals surface area contributed by atoms with Gasteiger partial charge in [-0.2, -0.15) is 0 Å². The van der Waals surface area contributed by atoms with Crippen molar-refractivity contribution in [1.82, 2.24) is 10.2 Å². The SMILES string of the molecule is CCc1cccc(C)c1NC(=O)NCC1CN(Cc2ccccc2)CCO1. The van der Waals surface area contributed by atoms with Gasteiger partial charge in [0.25, 0.3) is 0 Å². The van der Waals surface area contributed by atoms with Crippen LogP contribution in [0.5, 0.6) is 0 Å². The second kappa shape index (κ2) is 9.53. The first-order valence-electron chi connectivity index (χ1n) is 9.67. The minimum atomic E-state index is -0.178. The molecular weight excluding hydrogens is 338 g/mol. The van der Waals surface area contributed by atoms with Crippen LogP contribution in [-0.4, -0.2) is 43.3 Å². The van der Waals surface area contributed by atoms with E-state index >= 15 is 0 Å². The predicted octanol–water partition coefficient (Wildman–Crippen LogP) is 3.58. The Hall–Kier alpha value is -2.37. The molecule has 1 unspecified atom stereocenters. The molecule has 1 fully saturated rings. The molecule has 0 saturated carbocycles. The number of nitrogens with one attached hydrogen (secondary N) is 2. The van der Waals surface area contributed by atoms with E-state index in [1.165, 1.54) is 5.56 Å². The quantitative estimate of drug-likeness (QED) is 0.820. The van der Waals surface area contributed by atoms with Gasteiger partial charge in [0, 0.05) is 31.9 Å². The number of hydrogen-bond donors (Lipinski definition) is 2. The number of nitrogens with zero attached hydrogens (tertiary/aromatic N) is 1. The Morgan fingerprint density at radius 2 is 2.00 bits per heavy atom. The topological polar surface area (TPSA) is 53.6 Å². The number of ether oxygens (including phenoxy) is 1. The number of benzene rings is 2. The standard InChI is InChI=1S/C22H29N3O2/c1-3-19-11-7-8-17(2)21(19)24-22(26)23-14-20-16-25(12-13-27-20)15-18-9-5-4-6-10-18/h4-11,20H,3,12-16H2,1-2H3,(H2,23,24,26). The zero-order valence-electron chi connectivity index (χ0n) is 16.2. The van der Waals surface area contributed by atoms with Crippen LogP contribution in [0.2, 0.25) is 0 Å². The van der Waals surface area contributed by atoms with E-state index in [0.717, 1.165) is 42.9 Å². The second-order valence-corrected chi connectivity index (χ2v) is 7.01. The molecule has 1 aliphatic rings.